The van der Waals surface area contributed by atoms with Crippen molar-refractivity contribution in [3.63, 3.8) is 0 Å². The third kappa shape index (κ3) is 3.52. The van der Waals surface area contributed by atoms with Gasteiger partial charge in [0, 0.05) is 37.6 Å². The number of sulfonamides is 1. The first-order chi connectivity index (χ1) is 12.9. The van der Waals surface area contributed by atoms with Crippen LogP contribution in [0.25, 0.3) is 10.9 Å². The molecule has 0 radical (unpaired) electrons. The molecule has 2 N–H and O–H groups in total. The lowest BCUT2D eigenvalue weighted by Gasteiger charge is -2.28. The van der Waals surface area contributed by atoms with E-state index in [0.29, 0.717) is 44.8 Å². The van der Waals surface area contributed by atoms with Gasteiger partial charge in [-0.3, -0.25) is 5.10 Å². The van der Waals surface area contributed by atoms with Gasteiger partial charge in [-0.2, -0.15) is 9.40 Å². The number of urea groups is 1. The SMILES string of the molecule is Cc1cc(S(=O)(=O)N2CC[C@@H](NC(=O)N3CCOCC3)C2)c2[nH]ncc2c1. The van der Waals surface area contributed by atoms with Crippen LogP contribution in [0.4, 0.5) is 4.79 Å². The first-order valence-corrected chi connectivity index (χ1v) is 10.5. The van der Waals surface area contributed by atoms with E-state index in [0.717, 1.165) is 10.9 Å². The summed E-state index contributed by atoms with van der Waals surface area (Å²) in [4.78, 5) is 14.3. The van der Waals surface area contributed by atoms with Gasteiger partial charge in [0.25, 0.3) is 0 Å². The monoisotopic (exact) mass is 393 g/mol. The largest absolute Gasteiger partial charge is 0.378 e. The lowest BCUT2D eigenvalue weighted by atomic mass is 10.2. The minimum atomic E-state index is -3.67. The summed E-state index contributed by atoms with van der Waals surface area (Å²) in [5, 5.41) is 10.5. The normalized spacial score (nSPS) is 21.7. The number of carbonyl (C=O) groups excluding carboxylic acids is 1. The fraction of sp³-hybridized carbons (Fsp3) is 0.529. The van der Waals surface area contributed by atoms with E-state index in [4.69, 9.17) is 4.74 Å². The predicted molar refractivity (Wildman–Crippen MR) is 98.9 cm³/mol. The van der Waals surface area contributed by atoms with Crippen LogP contribution in [0.3, 0.4) is 0 Å². The molecule has 146 valence electrons. The summed E-state index contributed by atoms with van der Waals surface area (Å²) in [6.45, 7) is 4.68. The van der Waals surface area contributed by atoms with Crippen LogP contribution in [-0.4, -0.2) is 79.3 Å². The Morgan fingerprint density at radius 2 is 2.07 bits per heavy atom. The number of rotatable bonds is 3. The molecule has 1 atom stereocenters. The number of ether oxygens (including phenoxy) is 1. The molecule has 27 heavy (non-hydrogen) atoms. The molecule has 2 saturated heterocycles. The van der Waals surface area contributed by atoms with Gasteiger partial charge in [-0.05, 0) is 31.0 Å². The summed E-state index contributed by atoms with van der Waals surface area (Å²) >= 11 is 0. The molecule has 2 fully saturated rings. The van der Waals surface area contributed by atoms with E-state index in [-0.39, 0.29) is 23.5 Å². The zero-order chi connectivity index (χ0) is 19.0. The van der Waals surface area contributed by atoms with Crippen molar-refractivity contribution in [3.8, 4) is 0 Å². The minimum absolute atomic E-state index is 0.158. The highest BCUT2D eigenvalue weighted by molar-refractivity contribution is 7.89. The second-order valence-electron chi connectivity index (χ2n) is 6.99. The average molecular weight is 393 g/mol. The standard InChI is InChI=1S/C17H23N5O4S/c1-12-8-13-10-18-20-16(13)15(9-12)27(24,25)22-3-2-14(11-22)19-17(23)21-4-6-26-7-5-21/h8-10,14H,2-7,11H2,1H3,(H,18,20)(H,19,23)/t14-/m1/s1. The number of carbonyl (C=O) groups is 1. The molecule has 3 heterocycles. The molecule has 10 heteroatoms. The second kappa shape index (κ2) is 7.10. The van der Waals surface area contributed by atoms with Crippen LogP contribution in [0, 0.1) is 6.92 Å². The van der Waals surface area contributed by atoms with Gasteiger partial charge in [-0.15, -0.1) is 0 Å². The molecule has 2 aliphatic heterocycles. The van der Waals surface area contributed by atoms with Crippen molar-refractivity contribution in [2.24, 2.45) is 0 Å². The summed E-state index contributed by atoms with van der Waals surface area (Å²) in [5.41, 5.74) is 1.38. The fourth-order valence-electron chi connectivity index (χ4n) is 3.61. The Morgan fingerprint density at radius 3 is 2.85 bits per heavy atom. The molecule has 1 aromatic carbocycles. The molecular formula is C17H23N5O4S. The molecule has 2 amide bonds. The van der Waals surface area contributed by atoms with Crippen molar-refractivity contribution < 1.29 is 17.9 Å². The lowest BCUT2D eigenvalue weighted by molar-refractivity contribution is 0.0526. The number of aromatic amines is 1. The first-order valence-electron chi connectivity index (χ1n) is 9.02. The van der Waals surface area contributed by atoms with Crippen molar-refractivity contribution in [3.05, 3.63) is 23.9 Å². The molecule has 9 nitrogen and oxygen atoms in total. The molecule has 2 aromatic rings. The number of fused-ring (bicyclic) bond motifs is 1. The molecule has 2 aliphatic rings. The van der Waals surface area contributed by atoms with Crippen LogP contribution in [0.2, 0.25) is 0 Å². The Bertz CT molecular complexity index is 951. The van der Waals surface area contributed by atoms with Crippen LogP contribution < -0.4 is 5.32 Å². The molecule has 0 aliphatic carbocycles. The molecule has 4 rings (SSSR count). The summed E-state index contributed by atoms with van der Waals surface area (Å²) in [5.74, 6) is 0. The quantitative estimate of drug-likeness (QED) is 0.797. The number of nitrogens with zero attached hydrogens (tertiary/aromatic N) is 3. The molecule has 0 spiro atoms. The number of aryl methyl sites for hydroxylation is 1. The highest BCUT2D eigenvalue weighted by atomic mass is 32.2. The highest BCUT2D eigenvalue weighted by Gasteiger charge is 2.35. The van der Waals surface area contributed by atoms with E-state index < -0.39 is 10.0 Å². The van der Waals surface area contributed by atoms with Crippen LogP contribution >= 0.6 is 0 Å². The summed E-state index contributed by atoms with van der Waals surface area (Å²) < 4.78 is 33.0. The second-order valence-corrected chi connectivity index (χ2v) is 8.90. The van der Waals surface area contributed by atoms with Crippen LogP contribution in [0.15, 0.2) is 23.2 Å². The van der Waals surface area contributed by atoms with Gasteiger partial charge in [0.05, 0.1) is 24.9 Å². The number of benzene rings is 1. The van der Waals surface area contributed by atoms with Gasteiger partial charge in [0.15, 0.2) is 0 Å². The van der Waals surface area contributed by atoms with Gasteiger partial charge in [-0.1, -0.05) is 0 Å². The maximum atomic E-state index is 13.2. The van der Waals surface area contributed by atoms with Crippen LogP contribution in [-0.2, 0) is 14.8 Å². The number of amides is 2. The lowest BCUT2D eigenvalue weighted by Crippen LogP contribution is -2.49. The highest BCUT2D eigenvalue weighted by Crippen LogP contribution is 2.28. The smallest absolute Gasteiger partial charge is 0.317 e. The number of aromatic nitrogens is 2. The summed E-state index contributed by atoms with van der Waals surface area (Å²) in [6.07, 6.45) is 2.21. The average Bonchev–Trinajstić information content (AvgIpc) is 3.31. The van der Waals surface area contributed by atoms with Crippen molar-refractivity contribution in [2.45, 2.75) is 24.3 Å². The molecular weight excluding hydrogens is 370 g/mol. The number of H-pyrrole nitrogens is 1. The topological polar surface area (TPSA) is 108 Å². The first kappa shape index (κ1) is 18.2. The Kier molecular flexibility index (Phi) is 4.79. The van der Waals surface area contributed by atoms with Crippen LogP contribution in [0.1, 0.15) is 12.0 Å². The Morgan fingerprint density at radius 1 is 1.30 bits per heavy atom. The van der Waals surface area contributed by atoms with Crippen molar-refractivity contribution in [1.29, 1.82) is 0 Å². The number of hydrogen-bond acceptors (Lipinski definition) is 5. The molecule has 0 saturated carbocycles. The van der Waals surface area contributed by atoms with Crippen molar-refractivity contribution >= 4 is 27.0 Å². The Hall–Kier alpha value is -2.17. The summed E-state index contributed by atoms with van der Waals surface area (Å²) in [6, 6.07) is 3.20. The molecule has 0 bridgehead atoms. The van der Waals surface area contributed by atoms with E-state index in [2.05, 4.69) is 15.5 Å². The van der Waals surface area contributed by atoms with Crippen molar-refractivity contribution in [1.82, 2.24) is 24.7 Å². The number of nitrogens with one attached hydrogen (secondary N) is 2. The van der Waals surface area contributed by atoms with E-state index in [1.807, 2.05) is 13.0 Å². The van der Waals surface area contributed by atoms with Crippen LogP contribution in [0.5, 0.6) is 0 Å². The molecule has 1 aromatic heterocycles. The van der Waals surface area contributed by atoms with Gasteiger partial charge >= 0.3 is 6.03 Å². The van der Waals surface area contributed by atoms with Gasteiger partial charge in [-0.25, -0.2) is 13.2 Å². The van der Waals surface area contributed by atoms with E-state index in [1.165, 1.54) is 4.31 Å². The Labute approximate surface area is 157 Å². The number of hydrogen-bond donors (Lipinski definition) is 2. The minimum Gasteiger partial charge on any atom is -0.378 e. The Balaban J connectivity index is 1.49. The molecule has 0 unspecified atom stereocenters. The zero-order valence-electron chi connectivity index (χ0n) is 15.1. The maximum absolute atomic E-state index is 13.2. The third-order valence-electron chi connectivity index (χ3n) is 5.05. The zero-order valence-corrected chi connectivity index (χ0v) is 16.0. The van der Waals surface area contributed by atoms with E-state index >= 15 is 0 Å². The maximum Gasteiger partial charge on any atom is 0.317 e. The third-order valence-corrected chi connectivity index (χ3v) is 6.94. The number of morpholine rings is 1. The fourth-order valence-corrected chi connectivity index (χ4v) is 5.36. The predicted octanol–water partition coefficient (Wildman–Crippen LogP) is 0.676. The van der Waals surface area contributed by atoms with E-state index in [9.17, 15) is 13.2 Å². The van der Waals surface area contributed by atoms with Gasteiger partial charge in [0.1, 0.15) is 4.90 Å². The summed E-state index contributed by atoms with van der Waals surface area (Å²) in [7, 11) is -3.67. The van der Waals surface area contributed by atoms with E-state index in [1.54, 1.807) is 17.2 Å². The van der Waals surface area contributed by atoms with Gasteiger partial charge < -0.3 is 15.0 Å². The van der Waals surface area contributed by atoms with Crippen molar-refractivity contribution in [2.75, 3.05) is 39.4 Å². The van der Waals surface area contributed by atoms with Gasteiger partial charge in [0.2, 0.25) is 10.0 Å².